The Hall–Kier alpha value is -3.47. The van der Waals surface area contributed by atoms with E-state index in [0.29, 0.717) is 17.1 Å². The average molecular weight is 357 g/mol. The van der Waals surface area contributed by atoms with Gasteiger partial charge in [0.25, 0.3) is 0 Å². The molecular weight excluding hydrogens is 338 g/mol. The van der Waals surface area contributed by atoms with E-state index in [2.05, 4.69) is 27.6 Å². The molecular formula is C22H19N3O2. The van der Waals surface area contributed by atoms with Gasteiger partial charge in [0.2, 0.25) is 5.91 Å². The minimum absolute atomic E-state index is 0.131. The summed E-state index contributed by atoms with van der Waals surface area (Å²) < 4.78 is 5.27. The van der Waals surface area contributed by atoms with Crippen molar-refractivity contribution in [2.75, 3.05) is 5.32 Å². The molecule has 0 radical (unpaired) electrons. The van der Waals surface area contributed by atoms with Crippen LogP contribution >= 0.6 is 0 Å². The third-order valence-corrected chi connectivity index (χ3v) is 4.65. The number of anilines is 1. The number of rotatable bonds is 4. The summed E-state index contributed by atoms with van der Waals surface area (Å²) in [4.78, 5) is 17.0. The van der Waals surface area contributed by atoms with Crippen molar-refractivity contribution in [3.8, 4) is 11.1 Å². The summed E-state index contributed by atoms with van der Waals surface area (Å²) in [5.74, 6) is 0.360. The number of nitrogens with zero attached hydrogens (tertiary/aromatic N) is 2. The Kier molecular flexibility index (Phi) is 4.42. The number of carbonyl (C=O) groups excluding carboxylic acids is 1. The van der Waals surface area contributed by atoms with Crippen molar-refractivity contribution in [1.29, 1.82) is 0 Å². The maximum atomic E-state index is 12.5. The van der Waals surface area contributed by atoms with Crippen LogP contribution in [0.4, 0.5) is 5.82 Å². The Balaban J connectivity index is 1.59. The van der Waals surface area contributed by atoms with Gasteiger partial charge in [0.05, 0.1) is 6.42 Å². The van der Waals surface area contributed by atoms with Crippen molar-refractivity contribution in [3.05, 3.63) is 77.6 Å². The second-order valence-corrected chi connectivity index (χ2v) is 6.48. The maximum absolute atomic E-state index is 12.5. The largest absolute Gasteiger partial charge is 0.356 e. The molecule has 0 saturated carbocycles. The predicted octanol–water partition coefficient (Wildman–Crippen LogP) is 4.69. The van der Waals surface area contributed by atoms with Crippen LogP contribution in [0.2, 0.25) is 0 Å². The minimum Gasteiger partial charge on any atom is -0.356 e. The molecule has 0 aliphatic rings. The van der Waals surface area contributed by atoms with E-state index < -0.39 is 0 Å². The molecule has 0 fully saturated rings. The summed E-state index contributed by atoms with van der Waals surface area (Å²) in [6.45, 7) is 3.99. The third kappa shape index (κ3) is 3.44. The number of benzene rings is 2. The first-order chi connectivity index (χ1) is 13.1. The van der Waals surface area contributed by atoms with Gasteiger partial charge in [-0.05, 0) is 48.7 Å². The van der Waals surface area contributed by atoms with Gasteiger partial charge in [-0.3, -0.25) is 4.79 Å². The van der Waals surface area contributed by atoms with Crippen LogP contribution < -0.4 is 5.32 Å². The van der Waals surface area contributed by atoms with E-state index in [1.807, 2.05) is 62.4 Å². The second kappa shape index (κ2) is 7.03. The summed E-state index contributed by atoms with van der Waals surface area (Å²) in [7, 11) is 0. The molecule has 5 nitrogen and oxygen atoms in total. The van der Waals surface area contributed by atoms with Crippen molar-refractivity contribution in [2.24, 2.45) is 0 Å². The van der Waals surface area contributed by atoms with Gasteiger partial charge in [-0.15, -0.1) is 0 Å². The molecule has 0 spiro atoms. The van der Waals surface area contributed by atoms with Gasteiger partial charge in [-0.25, -0.2) is 4.98 Å². The summed E-state index contributed by atoms with van der Waals surface area (Å²) in [5, 5.41) is 7.76. The zero-order valence-corrected chi connectivity index (χ0v) is 15.2. The number of nitrogens with one attached hydrogen (secondary N) is 1. The number of aryl methyl sites for hydroxylation is 1. The molecule has 2 aromatic carbocycles. The van der Waals surface area contributed by atoms with Crippen LogP contribution in [-0.4, -0.2) is 16.0 Å². The zero-order valence-electron chi connectivity index (χ0n) is 15.2. The van der Waals surface area contributed by atoms with Crippen LogP contribution in [0.5, 0.6) is 0 Å². The average Bonchev–Trinajstić information content (AvgIpc) is 3.08. The SMILES string of the molecule is Cc1nc(NC(=O)Cc2noc3ccccc23)cc(-c2ccccc2)c1C. The Morgan fingerprint density at radius 3 is 2.59 bits per heavy atom. The van der Waals surface area contributed by atoms with E-state index in [0.717, 1.165) is 27.8 Å². The minimum atomic E-state index is -0.177. The zero-order chi connectivity index (χ0) is 18.8. The van der Waals surface area contributed by atoms with Gasteiger partial charge < -0.3 is 9.84 Å². The van der Waals surface area contributed by atoms with E-state index in [4.69, 9.17) is 4.52 Å². The molecule has 27 heavy (non-hydrogen) atoms. The normalized spacial score (nSPS) is 10.9. The summed E-state index contributed by atoms with van der Waals surface area (Å²) in [6.07, 6.45) is 0.131. The van der Waals surface area contributed by atoms with E-state index >= 15 is 0 Å². The van der Waals surface area contributed by atoms with Crippen LogP contribution in [0, 0.1) is 13.8 Å². The number of hydrogen-bond acceptors (Lipinski definition) is 4. The summed E-state index contributed by atoms with van der Waals surface area (Å²) in [6, 6.07) is 19.5. The van der Waals surface area contributed by atoms with Crippen LogP contribution in [0.15, 0.2) is 65.2 Å². The van der Waals surface area contributed by atoms with Crippen LogP contribution in [0.25, 0.3) is 22.1 Å². The molecule has 0 aliphatic heterocycles. The molecule has 2 heterocycles. The Bertz CT molecular complexity index is 1120. The molecule has 0 bridgehead atoms. The lowest BCUT2D eigenvalue weighted by Crippen LogP contribution is -2.16. The molecule has 5 heteroatoms. The number of para-hydroxylation sites is 1. The molecule has 1 N–H and O–H groups in total. The van der Waals surface area contributed by atoms with E-state index in [-0.39, 0.29) is 12.3 Å². The second-order valence-electron chi connectivity index (χ2n) is 6.48. The molecule has 4 rings (SSSR count). The lowest BCUT2D eigenvalue weighted by molar-refractivity contribution is -0.115. The molecule has 0 atom stereocenters. The first-order valence-electron chi connectivity index (χ1n) is 8.78. The summed E-state index contributed by atoms with van der Waals surface area (Å²) >= 11 is 0. The van der Waals surface area contributed by atoms with Crippen LogP contribution in [0.3, 0.4) is 0 Å². The van der Waals surface area contributed by atoms with Gasteiger partial charge in [-0.1, -0.05) is 47.6 Å². The number of aromatic nitrogens is 2. The Morgan fingerprint density at radius 1 is 1.04 bits per heavy atom. The van der Waals surface area contributed by atoms with E-state index in [1.54, 1.807) is 0 Å². The molecule has 0 saturated heterocycles. The van der Waals surface area contributed by atoms with Crippen molar-refractivity contribution < 1.29 is 9.32 Å². The quantitative estimate of drug-likeness (QED) is 0.575. The van der Waals surface area contributed by atoms with Gasteiger partial charge in [-0.2, -0.15) is 0 Å². The number of pyridine rings is 1. The van der Waals surface area contributed by atoms with E-state index in [9.17, 15) is 4.79 Å². The third-order valence-electron chi connectivity index (χ3n) is 4.65. The van der Waals surface area contributed by atoms with Gasteiger partial charge in [0.15, 0.2) is 5.58 Å². The highest BCUT2D eigenvalue weighted by Crippen LogP contribution is 2.27. The molecule has 134 valence electrons. The fraction of sp³-hybridized carbons (Fsp3) is 0.136. The molecule has 1 amide bonds. The van der Waals surface area contributed by atoms with Gasteiger partial charge in [0.1, 0.15) is 11.5 Å². The number of carbonyl (C=O) groups is 1. The van der Waals surface area contributed by atoms with Crippen molar-refractivity contribution in [2.45, 2.75) is 20.3 Å². The lowest BCUT2D eigenvalue weighted by Gasteiger charge is -2.12. The number of fused-ring (bicyclic) bond motifs is 1. The van der Waals surface area contributed by atoms with Crippen molar-refractivity contribution >= 4 is 22.7 Å². The fourth-order valence-electron chi connectivity index (χ4n) is 3.12. The van der Waals surface area contributed by atoms with E-state index in [1.165, 1.54) is 0 Å². The summed E-state index contributed by atoms with van der Waals surface area (Å²) in [5.41, 5.74) is 5.44. The predicted molar refractivity (Wildman–Crippen MR) is 105 cm³/mol. The molecule has 0 aliphatic carbocycles. The van der Waals surface area contributed by atoms with Crippen LogP contribution in [0.1, 0.15) is 17.0 Å². The highest BCUT2D eigenvalue weighted by Gasteiger charge is 2.14. The lowest BCUT2D eigenvalue weighted by atomic mass is 10.0. The standard InChI is InChI=1S/C22H19N3O2/c1-14-15(2)23-21(12-18(14)16-8-4-3-5-9-16)24-22(26)13-19-17-10-6-7-11-20(17)27-25-19/h3-12H,13H2,1-2H3,(H,23,24,26). The maximum Gasteiger partial charge on any atom is 0.231 e. The highest BCUT2D eigenvalue weighted by atomic mass is 16.5. The van der Waals surface area contributed by atoms with Crippen LogP contribution in [-0.2, 0) is 11.2 Å². The fourth-order valence-corrected chi connectivity index (χ4v) is 3.12. The smallest absolute Gasteiger partial charge is 0.231 e. The highest BCUT2D eigenvalue weighted by molar-refractivity contribution is 5.94. The van der Waals surface area contributed by atoms with Gasteiger partial charge >= 0.3 is 0 Å². The molecule has 0 unspecified atom stereocenters. The molecule has 2 aromatic heterocycles. The monoisotopic (exact) mass is 357 g/mol. The topological polar surface area (TPSA) is 68.0 Å². The number of amides is 1. The number of hydrogen-bond donors (Lipinski definition) is 1. The van der Waals surface area contributed by atoms with Gasteiger partial charge in [0, 0.05) is 11.1 Å². The van der Waals surface area contributed by atoms with Crippen molar-refractivity contribution in [1.82, 2.24) is 10.1 Å². The van der Waals surface area contributed by atoms with Crippen molar-refractivity contribution in [3.63, 3.8) is 0 Å². The first kappa shape index (κ1) is 17.0. The Labute approximate surface area is 157 Å². The first-order valence-corrected chi connectivity index (χ1v) is 8.78. The Morgan fingerprint density at radius 2 is 1.78 bits per heavy atom. The molecule has 4 aromatic rings.